The number of rotatable bonds is 8. The van der Waals surface area contributed by atoms with Crippen LogP contribution < -0.4 is 10.5 Å². The first-order chi connectivity index (χ1) is 12.3. The highest BCUT2D eigenvalue weighted by Crippen LogP contribution is 2.38. The molecule has 7 heteroatoms. The second kappa shape index (κ2) is 8.97. The van der Waals surface area contributed by atoms with Crippen LogP contribution in [-0.2, 0) is 14.8 Å². The van der Waals surface area contributed by atoms with Crippen LogP contribution in [0, 0.1) is 12.3 Å². The molecule has 0 spiro atoms. The first-order valence-electron chi connectivity index (χ1n) is 9.28. The predicted molar refractivity (Wildman–Crippen MR) is 103 cm³/mol. The predicted octanol–water partition coefficient (Wildman–Crippen LogP) is 2.03. The summed E-state index contributed by atoms with van der Waals surface area (Å²) in [6, 6.07) is 6.70. The zero-order chi connectivity index (χ0) is 19.2. The molecule has 1 aliphatic carbocycles. The van der Waals surface area contributed by atoms with Crippen LogP contribution in [0.5, 0.6) is 0 Å². The zero-order valence-electron chi connectivity index (χ0n) is 15.8. The molecule has 0 radical (unpaired) electrons. The van der Waals surface area contributed by atoms with Crippen molar-refractivity contribution >= 4 is 15.9 Å². The topological polar surface area (TPSA) is 92.5 Å². The third-order valence-corrected chi connectivity index (χ3v) is 6.85. The van der Waals surface area contributed by atoms with Crippen LogP contribution in [0.4, 0.5) is 0 Å². The molecular formula is C19H31N3O3S. The maximum atomic E-state index is 12.5. The van der Waals surface area contributed by atoms with E-state index in [9.17, 15) is 13.2 Å². The van der Waals surface area contributed by atoms with E-state index in [4.69, 9.17) is 5.73 Å². The molecule has 0 atom stereocenters. The summed E-state index contributed by atoms with van der Waals surface area (Å²) >= 11 is 0. The van der Waals surface area contributed by atoms with Gasteiger partial charge < -0.3 is 10.6 Å². The van der Waals surface area contributed by atoms with Crippen LogP contribution in [0.1, 0.15) is 44.1 Å². The van der Waals surface area contributed by atoms with Gasteiger partial charge in [-0.3, -0.25) is 4.79 Å². The van der Waals surface area contributed by atoms with Gasteiger partial charge in [0.2, 0.25) is 15.9 Å². The number of carbonyl (C=O) groups is 1. The van der Waals surface area contributed by atoms with Crippen molar-refractivity contribution in [2.24, 2.45) is 11.1 Å². The van der Waals surface area contributed by atoms with Crippen molar-refractivity contribution in [2.45, 2.75) is 50.3 Å². The van der Waals surface area contributed by atoms with Gasteiger partial charge in [0.25, 0.3) is 0 Å². The molecular weight excluding hydrogens is 350 g/mol. The average molecular weight is 382 g/mol. The smallest absolute Gasteiger partial charge is 0.240 e. The van der Waals surface area contributed by atoms with Crippen LogP contribution in [0.3, 0.4) is 0 Å². The van der Waals surface area contributed by atoms with Crippen molar-refractivity contribution in [1.29, 1.82) is 0 Å². The Morgan fingerprint density at radius 1 is 1.19 bits per heavy atom. The molecule has 0 aliphatic heterocycles. The molecule has 1 saturated carbocycles. The molecule has 1 amide bonds. The summed E-state index contributed by atoms with van der Waals surface area (Å²) in [6.07, 6.45) is 5.93. The average Bonchev–Trinajstić information content (AvgIpc) is 2.62. The lowest BCUT2D eigenvalue weighted by molar-refractivity contribution is -0.132. The summed E-state index contributed by atoms with van der Waals surface area (Å²) in [5.41, 5.74) is 6.88. The lowest BCUT2D eigenvalue weighted by Crippen LogP contribution is -2.41. The Hall–Kier alpha value is -1.44. The minimum atomic E-state index is -3.55. The van der Waals surface area contributed by atoms with Crippen molar-refractivity contribution in [3.63, 3.8) is 0 Å². The van der Waals surface area contributed by atoms with Crippen molar-refractivity contribution in [2.75, 3.05) is 26.7 Å². The van der Waals surface area contributed by atoms with E-state index >= 15 is 0 Å². The lowest BCUT2D eigenvalue weighted by Gasteiger charge is -2.36. The van der Waals surface area contributed by atoms with Gasteiger partial charge in [0.1, 0.15) is 0 Å². The van der Waals surface area contributed by atoms with Crippen molar-refractivity contribution in [3.8, 4) is 0 Å². The number of aryl methyl sites for hydroxylation is 1. The molecule has 0 bridgehead atoms. The number of hydrogen-bond donors (Lipinski definition) is 2. The van der Waals surface area contributed by atoms with E-state index < -0.39 is 10.0 Å². The molecule has 0 unspecified atom stereocenters. The summed E-state index contributed by atoms with van der Waals surface area (Å²) < 4.78 is 27.1. The van der Waals surface area contributed by atoms with E-state index in [1.165, 1.54) is 6.42 Å². The standard InChI is InChI=1S/C19H31N3O3S/c1-16-6-8-17(9-7-16)26(24,25)21-12-13-22(2)18(23)14-19(15-20)10-4-3-5-11-19/h6-9,21H,3-5,10-15,20H2,1-2H3. The SMILES string of the molecule is Cc1ccc(S(=O)(=O)NCCN(C)C(=O)CC2(CN)CCCCC2)cc1. The number of likely N-dealkylation sites (N-methyl/N-ethyl adjacent to an activating group) is 1. The van der Waals surface area contributed by atoms with Crippen molar-refractivity contribution in [3.05, 3.63) is 29.8 Å². The number of nitrogens with two attached hydrogens (primary N) is 1. The van der Waals surface area contributed by atoms with Crippen LogP contribution in [0.15, 0.2) is 29.2 Å². The van der Waals surface area contributed by atoms with Crippen LogP contribution in [-0.4, -0.2) is 45.9 Å². The third kappa shape index (κ3) is 5.53. The van der Waals surface area contributed by atoms with Gasteiger partial charge in [-0.2, -0.15) is 0 Å². The Bertz CT molecular complexity index is 695. The van der Waals surface area contributed by atoms with Gasteiger partial charge >= 0.3 is 0 Å². The molecule has 2 rings (SSSR count). The van der Waals surface area contributed by atoms with E-state index in [0.29, 0.717) is 19.5 Å². The second-order valence-electron chi connectivity index (χ2n) is 7.47. The molecule has 1 aromatic rings. The first kappa shape index (κ1) is 20.9. The number of amides is 1. The maximum Gasteiger partial charge on any atom is 0.240 e. The summed E-state index contributed by atoms with van der Waals surface area (Å²) in [7, 11) is -1.83. The molecule has 1 fully saturated rings. The zero-order valence-corrected chi connectivity index (χ0v) is 16.6. The number of carbonyl (C=O) groups excluding carboxylic acids is 1. The van der Waals surface area contributed by atoms with E-state index in [-0.39, 0.29) is 22.8 Å². The normalized spacial score (nSPS) is 17.0. The molecule has 1 aliphatic rings. The Balaban J connectivity index is 1.84. The molecule has 0 aromatic heterocycles. The largest absolute Gasteiger partial charge is 0.344 e. The van der Waals surface area contributed by atoms with Gasteiger partial charge in [0.15, 0.2) is 0 Å². The van der Waals surface area contributed by atoms with E-state index in [0.717, 1.165) is 31.2 Å². The number of benzene rings is 1. The quantitative estimate of drug-likeness (QED) is 0.721. The van der Waals surface area contributed by atoms with E-state index in [1.54, 1.807) is 36.2 Å². The molecule has 0 heterocycles. The third-order valence-electron chi connectivity index (χ3n) is 5.37. The minimum absolute atomic E-state index is 0.0342. The lowest BCUT2D eigenvalue weighted by atomic mass is 9.71. The van der Waals surface area contributed by atoms with Gasteiger partial charge in [-0.05, 0) is 43.9 Å². The Labute approximate surface area is 157 Å². The molecule has 6 nitrogen and oxygen atoms in total. The van der Waals surface area contributed by atoms with Gasteiger partial charge in [-0.25, -0.2) is 13.1 Å². The number of hydrogen-bond acceptors (Lipinski definition) is 4. The molecule has 0 saturated heterocycles. The van der Waals surface area contributed by atoms with Crippen molar-refractivity contribution < 1.29 is 13.2 Å². The minimum Gasteiger partial charge on any atom is -0.344 e. The highest BCUT2D eigenvalue weighted by Gasteiger charge is 2.33. The summed E-state index contributed by atoms with van der Waals surface area (Å²) in [5, 5.41) is 0. The monoisotopic (exact) mass is 381 g/mol. The van der Waals surface area contributed by atoms with Crippen LogP contribution in [0.2, 0.25) is 0 Å². The summed E-state index contributed by atoms with van der Waals surface area (Å²) in [5.74, 6) is 0.0342. The fourth-order valence-electron chi connectivity index (χ4n) is 3.48. The van der Waals surface area contributed by atoms with Gasteiger partial charge in [-0.1, -0.05) is 37.0 Å². The maximum absolute atomic E-state index is 12.5. The summed E-state index contributed by atoms with van der Waals surface area (Å²) in [4.78, 5) is 14.4. The highest BCUT2D eigenvalue weighted by molar-refractivity contribution is 7.89. The number of sulfonamides is 1. The van der Waals surface area contributed by atoms with Crippen LogP contribution >= 0.6 is 0 Å². The van der Waals surface area contributed by atoms with Gasteiger partial charge in [0, 0.05) is 26.6 Å². The molecule has 146 valence electrons. The van der Waals surface area contributed by atoms with Gasteiger partial charge in [0.05, 0.1) is 4.90 Å². The Morgan fingerprint density at radius 3 is 2.38 bits per heavy atom. The van der Waals surface area contributed by atoms with E-state index in [2.05, 4.69) is 4.72 Å². The molecule has 1 aromatic carbocycles. The van der Waals surface area contributed by atoms with Gasteiger partial charge in [-0.15, -0.1) is 0 Å². The fraction of sp³-hybridized carbons (Fsp3) is 0.632. The number of nitrogens with one attached hydrogen (secondary N) is 1. The highest BCUT2D eigenvalue weighted by atomic mass is 32.2. The first-order valence-corrected chi connectivity index (χ1v) is 10.8. The Morgan fingerprint density at radius 2 is 1.81 bits per heavy atom. The van der Waals surface area contributed by atoms with E-state index in [1.807, 2.05) is 6.92 Å². The second-order valence-corrected chi connectivity index (χ2v) is 9.23. The van der Waals surface area contributed by atoms with Crippen LogP contribution in [0.25, 0.3) is 0 Å². The number of nitrogens with zero attached hydrogens (tertiary/aromatic N) is 1. The molecule has 3 N–H and O–H groups in total. The fourth-order valence-corrected chi connectivity index (χ4v) is 4.50. The van der Waals surface area contributed by atoms with Crippen molar-refractivity contribution in [1.82, 2.24) is 9.62 Å². The Kier molecular flexibility index (Phi) is 7.20. The summed E-state index contributed by atoms with van der Waals surface area (Å²) in [6.45, 7) is 2.97. The molecule has 26 heavy (non-hydrogen) atoms.